The molecule has 106 valence electrons. The summed E-state index contributed by atoms with van der Waals surface area (Å²) in [7, 11) is 0. The minimum absolute atomic E-state index is 0.323. The third-order valence-electron chi connectivity index (χ3n) is 2.49. The second-order valence-corrected chi connectivity index (χ2v) is 3.94. The minimum atomic E-state index is 0.323. The quantitative estimate of drug-likeness (QED) is 0.765. The molecule has 0 radical (unpaired) electrons. The molecule has 0 spiro atoms. The van der Waals surface area contributed by atoms with E-state index in [1.165, 1.54) is 0 Å². The first-order chi connectivity index (χ1) is 9.31. The number of nitrogens with zero attached hydrogens (tertiary/aromatic N) is 4. The predicted octanol–water partition coefficient (Wildman–Crippen LogP) is 0.361. The summed E-state index contributed by atoms with van der Waals surface area (Å²) in [5, 5.41) is 5.08. The van der Waals surface area contributed by atoms with Crippen molar-refractivity contribution in [3.8, 4) is 6.01 Å². The molecule has 1 aliphatic rings. The van der Waals surface area contributed by atoms with Crippen LogP contribution >= 0.6 is 0 Å². The van der Waals surface area contributed by atoms with Crippen LogP contribution in [0.25, 0.3) is 0 Å². The average Bonchev–Trinajstić information content (AvgIpc) is 2.40. The predicted molar refractivity (Wildman–Crippen MR) is 71.2 cm³/mol. The van der Waals surface area contributed by atoms with E-state index in [0.29, 0.717) is 37.7 Å². The van der Waals surface area contributed by atoms with Crippen LogP contribution in [0.15, 0.2) is 0 Å². The fraction of sp³-hybridized carbons (Fsp3) is 0.727. The molecule has 1 aromatic heterocycles. The number of anilines is 2. The normalized spacial score (nSPS) is 16.1. The number of rotatable bonds is 6. The second-order valence-electron chi connectivity index (χ2n) is 3.94. The zero-order valence-corrected chi connectivity index (χ0v) is 11.3. The van der Waals surface area contributed by atoms with Crippen molar-refractivity contribution in [2.75, 3.05) is 50.2 Å². The van der Waals surface area contributed by atoms with E-state index in [0.717, 1.165) is 19.6 Å². The van der Waals surface area contributed by atoms with Crippen LogP contribution in [-0.2, 0) is 4.74 Å². The topological polar surface area (TPSA) is 84.4 Å². The van der Waals surface area contributed by atoms with Gasteiger partial charge in [-0.3, -0.25) is 5.43 Å². The van der Waals surface area contributed by atoms with E-state index in [-0.39, 0.29) is 0 Å². The van der Waals surface area contributed by atoms with Crippen molar-refractivity contribution in [3.63, 3.8) is 0 Å². The molecule has 0 amide bonds. The molecule has 19 heavy (non-hydrogen) atoms. The highest BCUT2D eigenvalue weighted by atomic mass is 16.5. The van der Waals surface area contributed by atoms with Crippen LogP contribution in [0.4, 0.5) is 11.9 Å². The average molecular weight is 268 g/mol. The van der Waals surface area contributed by atoms with Crippen LogP contribution in [-0.4, -0.2) is 59.4 Å². The van der Waals surface area contributed by atoms with Gasteiger partial charge >= 0.3 is 6.01 Å². The zero-order valence-electron chi connectivity index (χ0n) is 11.3. The van der Waals surface area contributed by atoms with E-state index in [9.17, 15) is 0 Å². The van der Waals surface area contributed by atoms with Crippen molar-refractivity contribution >= 4 is 11.9 Å². The number of hydrogen-bond acceptors (Lipinski definition) is 8. The molecule has 8 nitrogen and oxygen atoms in total. The van der Waals surface area contributed by atoms with Crippen molar-refractivity contribution in [1.82, 2.24) is 20.0 Å². The summed E-state index contributed by atoms with van der Waals surface area (Å²) >= 11 is 0. The molecule has 0 aromatic carbocycles. The summed E-state index contributed by atoms with van der Waals surface area (Å²) < 4.78 is 10.6. The number of ether oxygens (including phenoxy) is 2. The molecule has 2 heterocycles. The van der Waals surface area contributed by atoms with Gasteiger partial charge in [0.05, 0.1) is 19.8 Å². The van der Waals surface area contributed by atoms with E-state index < -0.39 is 0 Å². The van der Waals surface area contributed by atoms with Gasteiger partial charge in [-0.1, -0.05) is 0 Å². The number of hydrazine groups is 1. The Kier molecular flexibility index (Phi) is 5.10. The minimum Gasteiger partial charge on any atom is -0.464 e. The SMILES string of the molecule is CCNc1nc(NN2CCOCC2)nc(OCC)n1. The van der Waals surface area contributed by atoms with Crippen LogP contribution in [0.5, 0.6) is 6.01 Å². The molecule has 0 atom stereocenters. The number of morpholine rings is 1. The van der Waals surface area contributed by atoms with Gasteiger partial charge in [-0.15, -0.1) is 0 Å². The first kappa shape index (κ1) is 13.8. The van der Waals surface area contributed by atoms with Gasteiger partial charge in [0.1, 0.15) is 0 Å². The smallest absolute Gasteiger partial charge is 0.323 e. The number of aromatic nitrogens is 3. The molecule has 2 rings (SSSR count). The molecule has 8 heteroatoms. The molecule has 0 unspecified atom stereocenters. The third-order valence-corrected chi connectivity index (χ3v) is 2.49. The van der Waals surface area contributed by atoms with Crippen LogP contribution in [0.3, 0.4) is 0 Å². The summed E-state index contributed by atoms with van der Waals surface area (Å²) in [4.78, 5) is 12.7. The molecular formula is C11H20N6O2. The maximum Gasteiger partial charge on any atom is 0.323 e. The molecule has 1 aliphatic heterocycles. The van der Waals surface area contributed by atoms with Gasteiger partial charge in [0, 0.05) is 19.6 Å². The van der Waals surface area contributed by atoms with E-state index >= 15 is 0 Å². The molecule has 1 saturated heterocycles. The summed E-state index contributed by atoms with van der Waals surface area (Å²) in [6.45, 7) is 8.15. The lowest BCUT2D eigenvalue weighted by Gasteiger charge is -2.26. The fourth-order valence-corrected chi connectivity index (χ4v) is 1.65. The lowest BCUT2D eigenvalue weighted by molar-refractivity contribution is 0.0492. The van der Waals surface area contributed by atoms with Crippen LogP contribution in [0.2, 0.25) is 0 Å². The fourth-order valence-electron chi connectivity index (χ4n) is 1.65. The van der Waals surface area contributed by atoms with Crippen molar-refractivity contribution < 1.29 is 9.47 Å². The van der Waals surface area contributed by atoms with E-state index in [1.54, 1.807) is 0 Å². The van der Waals surface area contributed by atoms with Gasteiger partial charge in [0.15, 0.2) is 0 Å². The van der Waals surface area contributed by atoms with Crippen LogP contribution in [0, 0.1) is 0 Å². The molecule has 0 aliphatic carbocycles. The van der Waals surface area contributed by atoms with Gasteiger partial charge in [-0.25, -0.2) is 5.01 Å². The number of nitrogens with one attached hydrogen (secondary N) is 2. The van der Waals surface area contributed by atoms with E-state index in [4.69, 9.17) is 9.47 Å². The first-order valence-corrected chi connectivity index (χ1v) is 6.54. The van der Waals surface area contributed by atoms with Crippen molar-refractivity contribution in [2.45, 2.75) is 13.8 Å². The van der Waals surface area contributed by atoms with Crippen molar-refractivity contribution in [1.29, 1.82) is 0 Å². The van der Waals surface area contributed by atoms with Crippen LogP contribution < -0.4 is 15.5 Å². The molecule has 1 fully saturated rings. The van der Waals surface area contributed by atoms with Gasteiger partial charge in [0.2, 0.25) is 11.9 Å². The Morgan fingerprint density at radius 2 is 1.89 bits per heavy atom. The number of hydrogen-bond donors (Lipinski definition) is 2. The van der Waals surface area contributed by atoms with Gasteiger partial charge in [-0.2, -0.15) is 15.0 Å². The standard InChI is InChI=1S/C11H20N6O2/c1-3-12-9-13-10(15-11(14-9)19-4-2)16-17-5-7-18-8-6-17/h3-8H2,1-2H3,(H2,12,13,14,15,16). The Balaban J connectivity index is 2.08. The second kappa shape index (κ2) is 7.05. The highest BCUT2D eigenvalue weighted by Crippen LogP contribution is 2.12. The molecular weight excluding hydrogens is 248 g/mol. The lowest BCUT2D eigenvalue weighted by Crippen LogP contribution is -2.40. The van der Waals surface area contributed by atoms with E-state index in [2.05, 4.69) is 25.7 Å². The summed E-state index contributed by atoms with van der Waals surface area (Å²) in [6, 6.07) is 0.323. The van der Waals surface area contributed by atoms with Gasteiger partial charge in [0.25, 0.3) is 0 Å². The monoisotopic (exact) mass is 268 g/mol. The van der Waals surface area contributed by atoms with E-state index in [1.807, 2.05) is 18.9 Å². The zero-order chi connectivity index (χ0) is 13.5. The summed E-state index contributed by atoms with van der Waals surface area (Å²) in [6.07, 6.45) is 0. The highest BCUT2D eigenvalue weighted by Gasteiger charge is 2.13. The first-order valence-electron chi connectivity index (χ1n) is 6.54. The maximum atomic E-state index is 5.34. The van der Waals surface area contributed by atoms with Crippen LogP contribution in [0.1, 0.15) is 13.8 Å². The highest BCUT2D eigenvalue weighted by molar-refractivity contribution is 5.35. The van der Waals surface area contributed by atoms with Gasteiger partial charge in [-0.05, 0) is 13.8 Å². The largest absolute Gasteiger partial charge is 0.464 e. The molecule has 0 bridgehead atoms. The molecule has 2 N–H and O–H groups in total. The Bertz CT molecular complexity index is 373. The third kappa shape index (κ3) is 4.18. The van der Waals surface area contributed by atoms with Crippen molar-refractivity contribution in [3.05, 3.63) is 0 Å². The maximum absolute atomic E-state index is 5.34. The lowest BCUT2D eigenvalue weighted by atomic mass is 10.5. The van der Waals surface area contributed by atoms with Gasteiger partial charge < -0.3 is 14.8 Å². The summed E-state index contributed by atoms with van der Waals surface area (Å²) in [5.74, 6) is 0.994. The summed E-state index contributed by atoms with van der Waals surface area (Å²) in [5.41, 5.74) is 3.15. The molecule has 1 aromatic rings. The Labute approximate surface area is 112 Å². The van der Waals surface area contributed by atoms with Crippen molar-refractivity contribution in [2.24, 2.45) is 0 Å². The Hall–Kier alpha value is -1.67. The molecule has 0 saturated carbocycles. The Morgan fingerprint density at radius 3 is 2.58 bits per heavy atom. The Morgan fingerprint density at radius 1 is 1.16 bits per heavy atom.